The molecule has 206 valence electrons. The van der Waals surface area contributed by atoms with Gasteiger partial charge in [-0.05, 0) is 46.8 Å². The lowest BCUT2D eigenvalue weighted by Crippen LogP contribution is -2.67. The number of hydrogen-bond donors (Lipinski definition) is 1. The van der Waals surface area contributed by atoms with Crippen molar-refractivity contribution >= 4 is 24.7 Å². The highest BCUT2D eigenvalue weighted by molar-refractivity contribution is 6.99. The first-order chi connectivity index (χ1) is 18.7. The van der Waals surface area contributed by atoms with Gasteiger partial charge in [0.25, 0.3) is 8.32 Å². The fourth-order valence-electron chi connectivity index (χ4n) is 6.81. The van der Waals surface area contributed by atoms with Crippen LogP contribution in [0.5, 0.6) is 5.75 Å². The van der Waals surface area contributed by atoms with Crippen molar-refractivity contribution in [2.45, 2.75) is 64.2 Å². The molecule has 6 heteroatoms. The third kappa shape index (κ3) is 4.94. The number of ether oxygens (including phenoxy) is 2. The number of benzene rings is 3. The van der Waals surface area contributed by atoms with Crippen molar-refractivity contribution in [1.82, 2.24) is 0 Å². The van der Waals surface area contributed by atoms with Crippen molar-refractivity contribution in [3.8, 4) is 5.75 Å². The minimum atomic E-state index is -2.72. The average Bonchev–Trinajstić information content (AvgIpc) is 3.10. The number of hydrogen-bond acceptors (Lipinski definition) is 5. The topological polar surface area (TPSA) is 65.0 Å². The molecule has 0 unspecified atom stereocenters. The third-order valence-electron chi connectivity index (χ3n) is 8.81. The van der Waals surface area contributed by atoms with Gasteiger partial charge in [-0.15, -0.1) is 0 Å². The Morgan fingerprint density at radius 1 is 1.00 bits per heavy atom. The Morgan fingerprint density at radius 2 is 1.62 bits per heavy atom. The molecule has 3 aromatic rings. The van der Waals surface area contributed by atoms with Crippen LogP contribution in [0.3, 0.4) is 0 Å². The van der Waals surface area contributed by atoms with E-state index < -0.39 is 14.4 Å². The first kappa shape index (κ1) is 27.6. The van der Waals surface area contributed by atoms with Crippen LogP contribution in [-0.2, 0) is 15.6 Å². The molecule has 2 aliphatic rings. The second-order valence-electron chi connectivity index (χ2n) is 12.0. The molecule has 0 radical (unpaired) electrons. The maximum atomic E-state index is 12.3. The standard InChI is InChI=1S/C33H40O5Si/c1-22-26(32(35)36-5)18-16-23-17-19-27-28(29(34)20-30(27)38-31(22)23)21-37-39(33(2,3)4,24-12-8-6-9-13-24)25-14-10-7-11-15-25/h6-16,18,27-30,34H,17,19-21H2,1-5H3/t27-,28-,29-,30+/m1/s1. The van der Waals surface area contributed by atoms with Crippen molar-refractivity contribution in [2.75, 3.05) is 13.7 Å². The summed E-state index contributed by atoms with van der Waals surface area (Å²) in [5.41, 5.74) is 2.44. The number of aliphatic hydroxyl groups excluding tert-OH is 1. The molecule has 3 aromatic carbocycles. The Labute approximate surface area is 233 Å². The molecule has 1 N–H and O–H groups in total. The number of aliphatic hydroxyl groups is 1. The smallest absolute Gasteiger partial charge is 0.338 e. The van der Waals surface area contributed by atoms with E-state index in [1.807, 2.05) is 19.1 Å². The van der Waals surface area contributed by atoms with Crippen LogP contribution in [0.15, 0.2) is 72.8 Å². The Balaban J connectivity index is 1.46. The summed E-state index contributed by atoms with van der Waals surface area (Å²) in [4.78, 5) is 12.3. The Hall–Kier alpha value is -2.93. The van der Waals surface area contributed by atoms with Gasteiger partial charge in [-0.25, -0.2) is 4.79 Å². The van der Waals surface area contributed by atoms with Gasteiger partial charge in [0.2, 0.25) is 0 Å². The summed E-state index contributed by atoms with van der Waals surface area (Å²) in [6, 6.07) is 25.1. The second-order valence-corrected chi connectivity index (χ2v) is 16.3. The van der Waals surface area contributed by atoms with Crippen LogP contribution < -0.4 is 15.1 Å². The number of aryl methyl sites for hydroxylation is 1. The molecule has 39 heavy (non-hydrogen) atoms. The first-order valence-electron chi connectivity index (χ1n) is 14.0. The van der Waals surface area contributed by atoms with E-state index in [-0.39, 0.29) is 28.9 Å². The zero-order valence-electron chi connectivity index (χ0n) is 23.6. The monoisotopic (exact) mass is 544 g/mol. The molecule has 5 nitrogen and oxygen atoms in total. The van der Waals surface area contributed by atoms with Crippen LogP contribution in [0.25, 0.3) is 0 Å². The van der Waals surface area contributed by atoms with Gasteiger partial charge in [-0.1, -0.05) is 87.5 Å². The number of carbonyl (C=O) groups is 1. The van der Waals surface area contributed by atoms with Crippen LogP contribution in [-0.4, -0.2) is 45.3 Å². The lowest BCUT2D eigenvalue weighted by Gasteiger charge is -2.44. The highest BCUT2D eigenvalue weighted by atomic mass is 28.4. The normalized spacial score (nSPS) is 22.8. The van der Waals surface area contributed by atoms with Crippen LogP contribution >= 0.6 is 0 Å². The van der Waals surface area contributed by atoms with Gasteiger partial charge in [-0.2, -0.15) is 0 Å². The molecule has 0 bridgehead atoms. The fraction of sp³-hybridized carbons (Fsp3) is 0.424. The summed E-state index contributed by atoms with van der Waals surface area (Å²) < 4.78 is 18.8. The van der Waals surface area contributed by atoms with E-state index in [9.17, 15) is 9.90 Å². The van der Waals surface area contributed by atoms with Crippen molar-refractivity contribution in [1.29, 1.82) is 0 Å². The van der Waals surface area contributed by atoms with Crippen LogP contribution in [0.1, 0.15) is 55.1 Å². The second kappa shape index (κ2) is 10.9. The van der Waals surface area contributed by atoms with Gasteiger partial charge in [0.1, 0.15) is 11.9 Å². The molecule has 1 aliphatic heterocycles. The number of fused-ring (bicyclic) bond motifs is 2. The quantitative estimate of drug-likeness (QED) is 0.348. The maximum Gasteiger partial charge on any atom is 0.338 e. The minimum Gasteiger partial charge on any atom is -0.489 e. The number of methoxy groups -OCH3 is 1. The molecule has 1 saturated carbocycles. The fourth-order valence-corrected chi connectivity index (χ4v) is 11.4. The van der Waals surface area contributed by atoms with E-state index in [0.29, 0.717) is 18.6 Å². The molecule has 0 saturated heterocycles. The molecule has 1 aliphatic carbocycles. The van der Waals surface area contributed by atoms with Crippen LogP contribution in [0.2, 0.25) is 5.04 Å². The van der Waals surface area contributed by atoms with Gasteiger partial charge in [0.15, 0.2) is 0 Å². The van der Waals surface area contributed by atoms with Gasteiger partial charge >= 0.3 is 5.97 Å². The van der Waals surface area contributed by atoms with Crippen molar-refractivity contribution in [3.63, 3.8) is 0 Å². The Kier molecular flexibility index (Phi) is 7.73. The van der Waals surface area contributed by atoms with E-state index in [0.717, 1.165) is 29.7 Å². The highest BCUT2D eigenvalue weighted by Crippen LogP contribution is 2.45. The molecule has 0 spiro atoms. The van der Waals surface area contributed by atoms with Gasteiger partial charge in [0.05, 0.1) is 18.8 Å². The van der Waals surface area contributed by atoms with Gasteiger partial charge < -0.3 is 19.0 Å². The zero-order chi connectivity index (χ0) is 27.8. The minimum absolute atomic E-state index is 0.0358. The van der Waals surface area contributed by atoms with Crippen molar-refractivity contribution in [2.24, 2.45) is 11.8 Å². The van der Waals surface area contributed by atoms with Gasteiger partial charge in [-0.3, -0.25) is 0 Å². The van der Waals surface area contributed by atoms with Gasteiger partial charge in [0, 0.05) is 30.4 Å². The molecular weight excluding hydrogens is 504 g/mol. The van der Waals surface area contributed by atoms with E-state index >= 15 is 0 Å². The van der Waals surface area contributed by atoms with E-state index in [2.05, 4.69) is 81.4 Å². The molecule has 0 amide bonds. The first-order valence-corrected chi connectivity index (χ1v) is 15.9. The van der Waals surface area contributed by atoms with E-state index in [4.69, 9.17) is 13.9 Å². The Bertz CT molecular complexity index is 1260. The molecule has 1 heterocycles. The Morgan fingerprint density at radius 3 is 2.18 bits per heavy atom. The lowest BCUT2D eigenvalue weighted by atomic mass is 9.89. The summed E-state index contributed by atoms with van der Waals surface area (Å²) in [6.07, 6.45) is 1.66. The average molecular weight is 545 g/mol. The summed E-state index contributed by atoms with van der Waals surface area (Å²) in [6.45, 7) is 9.22. The predicted octanol–water partition coefficient (Wildman–Crippen LogP) is 5.05. The predicted molar refractivity (Wildman–Crippen MR) is 156 cm³/mol. The van der Waals surface area contributed by atoms with Crippen molar-refractivity contribution in [3.05, 3.63) is 89.5 Å². The van der Waals surface area contributed by atoms with Crippen LogP contribution in [0.4, 0.5) is 0 Å². The van der Waals surface area contributed by atoms with Crippen molar-refractivity contribution < 1.29 is 23.8 Å². The number of esters is 1. The summed E-state index contributed by atoms with van der Waals surface area (Å²) in [5.74, 6) is 0.534. The largest absolute Gasteiger partial charge is 0.489 e. The SMILES string of the molecule is COC(=O)c1ccc2c(c1C)O[C@H]1C[C@@H](O)[C@H](CO[Si](c3ccccc3)(c3ccccc3)C(C)(C)C)[C@H]1CC2. The third-order valence-corrected chi connectivity index (χ3v) is 13.8. The zero-order valence-corrected chi connectivity index (χ0v) is 24.6. The summed E-state index contributed by atoms with van der Waals surface area (Å²) >= 11 is 0. The number of rotatable bonds is 6. The lowest BCUT2D eigenvalue weighted by molar-refractivity contribution is 0.0598. The molecule has 4 atom stereocenters. The number of carbonyl (C=O) groups excluding carboxylic acids is 1. The van der Waals surface area contributed by atoms with Crippen LogP contribution in [0, 0.1) is 18.8 Å². The maximum absolute atomic E-state index is 12.3. The molecular formula is C33H40O5Si. The molecule has 5 rings (SSSR count). The van der Waals surface area contributed by atoms with E-state index in [1.165, 1.54) is 17.5 Å². The van der Waals surface area contributed by atoms with E-state index in [1.54, 1.807) is 0 Å². The summed E-state index contributed by atoms with van der Waals surface area (Å²) in [7, 11) is -1.32. The highest BCUT2D eigenvalue weighted by Gasteiger charge is 2.52. The molecule has 0 aromatic heterocycles. The summed E-state index contributed by atoms with van der Waals surface area (Å²) in [5, 5.41) is 13.7. The molecule has 1 fully saturated rings.